The van der Waals surface area contributed by atoms with Crippen molar-refractivity contribution in [1.82, 2.24) is 9.21 Å². The highest BCUT2D eigenvalue weighted by Gasteiger charge is 2.30. The van der Waals surface area contributed by atoms with Crippen LogP contribution in [0.1, 0.15) is 5.56 Å². The van der Waals surface area contributed by atoms with Crippen LogP contribution in [0.15, 0.2) is 51.8 Å². The summed E-state index contributed by atoms with van der Waals surface area (Å²) in [6.07, 6.45) is 0.211. The summed E-state index contributed by atoms with van der Waals surface area (Å²) in [5, 5.41) is 0. The number of ether oxygens (including phenoxy) is 2. The maximum Gasteiger partial charge on any atom is 0.243 e. The van der Waals surface area contributed by atoms with Gasteiger partial charge in [-0.15, -0.1) is 0 Å². The number of carbonyl (C=O) groups excluding carboxylic acids is 1. The largest absolute Gasteiger partial charge is 0.486 e. The second kappa shape index (κ2) is 8.33. The van der Waals surface area contributed by atoms with Crippen LogP contribution in [0.5, 0.6) is 11.5 Å². The van der Waals surface area contributed by atoms with Crippen LogP contribution in [0, 0.1) is 0 Å². The molecule has 1 saturated heterocycles. The van der Waals surface area contributed by atoms with E-state index < -0.39 is 10.0 Å². The Morgan fingerprint density at radius 2 is 1.59 bits per heavy atom. The lowest BCUT2D eigenvalue weighted by atomic mass is 10.1. The fourth-order valence-electron chi connectivity index (χ4n) is 3.44. The minimum Gasteiger partial charge on any atom is -0.486 e. The molecule has 154 valence electrons. The molecule has 2 aliphatic heterocycles. The van der Waals surface area contributed by atoms with E-state index in [4.69, 9.17) is 9.47 Å². The molecule has 2 aliphatic rings. The van der Waals surface area contributed by atoms with Gasteiger partial charge in [-0.25, -0.2) is 8.42 Å². The Morgan fingerprint density at radius 1 is 0.966 bits per heavy atom. The molecule has 0 unspecified atom stereocenters. The van der Waals surface area contributed by atoms with Crippen LogP contribution < -0.4 is 9.47 Å². The predicted molar refractivity (Wildman–Crippen MR) is 111 cm³/mol. The minimum atomic E-state index is -3.53. The van der Waals surface area contributed by atoms with Crippen LogP contribution in [0.2, 0.25) is 0 Å². The van der Waals surface area contributed by atoms with Gasteiger partial charge < -0.3 is 14.4 Å². The monoisotopic (exact) mass is 480 g/mol. The summed E-state index contributed by atoms with van der Waals surface area (Å²) in [4.78, 5) is 14.8. The number of halogens is 1. The van der Waals surface area contributed by atoms with E-state index in [0.29, 0.717) is 37.8 Å². The number of rotatable bonds is 4. The predicted octanol–water partition coefficient (Wildman–Crippen LogP) is 2.30. The minimum absolute atomic E-state index is 0.0425. The number of fused-ring (bicyclic) bond motifs is 1. The van der Waals surface area contributed by atoms with Gasteiger partial charge in [-0.05, 0) is 29.8 Å². The summed E-state index contributed by atoms with van der Waals surface area (Å²) >= 11 is 3.50. The van der Waals surface area contributed by atoms with Gasteiger partial charge in [0.2, 0.25) is 15.9 Å². The van der Waals surface area contributed by atoms with Crippen LogP contribution in [0.4, 0.5) is 0 Å². The number of amides is 1. The van der Waals surface area contributed by atoms with Crippen molar-refractivity contribution in [2.24, 2.45) is 0 Å². The molecule has 0 aromatic heterocycles. The molecular formula is C20H21BrN2O5S. The topological polar surface area (TPSA) is 76.2 Å². The summed E-state index contributed by atoms with van der Waals surface area (Å²) in [5.41, 5.74) is 0.818. The average molecular weight is 481 g/mol. The zero-order valence-corrected chi connectivity index (χ0v) is 18.1. The molecule has 4 rings (SSSR count). The van der Waals surface area contributed by atoms with Gasteiger partial charge >= 0.3 is 0 Å². The molecule has 9 heteroatoms. The van der Waals surface area contributed by atoms with Crippen molar-refractivity contribution in [3.8, 4) is 11.5 Å². The molecule has 29 heavy (non-hydrogen) atoms. The van der Waals surface area contributed by atoms with Crippen LogP contribution in [-0.4, -0.2) is 62.9 Å². The molecule has 2 aromatic carbocycles. The van der Waals surface area contributed by atoms with Crippen molar-refractivity contribution in [1.29, 1.82) is 0 Å². The number of benzene rings is 2. The van der Waals surface area contributed by atoms with E-state index in [9.17, 15) is 13.2 Å². The van der Waals surface area contributed by atoms with Crippen molar-refractivity contribution < 1.29 is 22.7 Å². The smallest absolute Gasteiger partial charge is 0.243 e. The van der Waals surface area contributed by atoms with Gasteiger partial charge in [0.05, 0.1) is 11.3 Å². The summed E-state index contributed by atoms with van der Waals surface area (Å²) in [5.74, 6) is 1.26. The molecule has 1 amide bonds. The first-order chi connectivity index (χ1) is 13.9. The molecule has 2 aromatic rings. The van der Waals surface area contributed by atoms with E-state index in [0.717, 1.165) is 10.0 Å². The van der Waals surface area contributed by atoms with Crippen molar-refractivity contribution in [3.05, 3.63) is 52.5 Å². The lowest BCUT2D eigenvalue weighted by Crippen LogP contribution is -2.50. The maximum atomic E-state index is 12.8. The first kappa shape index (κ1) is 20.2. The normalized spacial score (nSPS) is 17.2. The van der Waals surface area contributed by atoms with Crippen molar-refractivity contribution in [2.75, 3.05) is 39.4 Å². The van der Waals surface area contributed by atoms with E-state index in [2.05, 4.69) is 15.9 Å². The fourth-order valence-corrected chi connectivity index (χ4v) is 5.34. The van der Waals surface area contributed by atoms with Gasteiger partial charge in [-0.3, -0.25) is 4.79 Å². The summed E-state index contributed by atoms with van der Waals surface area (Å²) in [6.45, 7) is 2.30. The fraction of sp³-hybridized carbons (Fsp3) is 0.350. The first-order valence-corrected chi connectivity index (χ1v) is 11.6. The van der Waals surface area contributed by atoms with Crippen LogP contribution in [0.25, 0.3) is 0 Å². The highest BCUT2D eigenvalue weighted by atomic mass is 79.9. The number of sulfonamides is 1. The molecule has 7 nitrogen and oxygen atoms in total. The van der Waals surface area contributed by atoms with Crippen molar-refractivity contribution in [2.45, 2.75) is 11.3 Å². The number of carbonyl (C=O) groups is 1. The Kier molecular flexibility index (Phi) is 5.80. The molecule has 0 spiro atoms. The lowest BCUT2D eigenvalue weighted by molar-refractivity contribution is -0.131. The SMILES string of the molecule is O=C(Cc1cc2c(cc1Br)OCCO2)N1CCN(S(=O)(=O)c2ccccc2)CC1. The van der Waals surface area contributed by atoms with E-state index in [1.807, 2.05) is 12.1 Å². The number of hydrogen-bond donors (Lipinski definition) is 0. The Morgan fingerprint density at radius 3 is 2.24 bits per heavy atom. The second-order valence-electron chi connectivity index (χ2n) is 6.86. The molecule has 0 radical (unpaired) electrons. The number of hydrogen-bond acceptors (Lipinski definition) is 5. The Labute approximate surface area is 178 Å². The molecule has 0 bridgehead atoms. The standard InChI is InChI=1S/C20H21BrN2O5S/c21-17-14-19-18(27-10-11-28-19)12-15(17)13-20(24)22-6-8-23(9-7-22)29(25,26)16-4-2-1-3-5-16/h1-5,12,14H,6-11,13H2. The highest BCUT2D eigenvalue weighted by molar-refractivity contribution is 9.10. The van der Waals surface area contributed by atoms with Gasteiger partial charge in [0, 0.05) is 30.7 Å². The van der Waals surface area contributed by atoms with E-state index >= 15 is 0 Å². The maximum absolute atomic E-state index is 12.8. The van der Waals surface area contributed by atoms with Crippen LogP contribution in [0.3, 0.4) is 0 Å². The van der Waals surface area contributed by atoms with Crippen LogP contribution in [-0.2, 0) is 21.2 Å². The zero-order valence-electron chi connectivity index (χ0n) is 15.7. The quantitative estimate of drug-likeness (QED) is 0.670. The van der Waals surface area contributed by atoms with Gasteiger partial charge in [-0.1, -0.05) is 34.1 Å². The lowest BCUT2D eigenvalue weighted by Gasteiger charge is -2.34. The number of piperazine rings is 1. The third kappa shape index (κ3) is 4.26. The van der Waals surface area contributed by atoms with Crippen molar-refractivity contribution >= 4 is 31.9 Å². The molecule has 2 heterocycles. The number of nitrogens with zero attached hydrogens (tertiary/aromatic N) is 2. The van der Waals surface area contributed by atoms with E-state index in [1.165, 1.54) is 4.31 Å². The Hall–Kier alpha value is -2.10. The average Bonchev–Trinajstić information content (AvgIpc) is 2.75. The van der Waals surface area contributed by atoms with E-state index in [1.54, 1.807) is 35.2 Å². The third-order valence-corrected chi connectivity index (χ3v) is 7.68. The first-order valence-electron chi connectivity index (χ1n) is 9.36. The highest BCUT2D eigenvalue weighted by Crippen LogP contribution is 2.36. The zero-order chi connectivity index (χ0) is 20.4. The second-order valence-corrected chi connectivity index (χ2v) is 9.65. The molecular weight excluding hydrogens is 460 g/mol. The van der Waals surface area contributed by atoms with Gasteiger partial charge in [0.15, 0.2) is 11.5 Å². The van der Waals surface area contributed by atoms with Crippen LogP contribution >= 0.6 is 15.9 Å². The van der Waals surface area contributed by atoms with Gasteiger partial charge in [0.25, 0.3) is 0 Å². The Balaban J connectivity index is 1.40. The third-order valence-electron chi connectivity index (χ3n) is 5.03. The molecule has 1 fully saturated rings. The molecule has 0 aliphatic carbocycles. The van der Waals surface area contributed by atoms with Gasteiger partial charge in [0.1, 0.15) is 13.2 Å². The molecule has 0 saturated carbocycles. The molecule has 0 atom stereocenters. The summed E-state index contributed by atoms with van der Waals surface area (Å²) in [7, 11) is -3.53. The van der Waals surface area contributed by atoms with E-state index in [-0.39, 0.29) is 30.3 Å². The molecule has 0 N–H and O–H groups in total. The summed E-state index contributed by atoms with van der Waals surface area (Å²) < 4.78 is 38.8. The Bertz CT molecular complexity index is 1010. The summed E-state index contributed by atoms with van der Waals surface area (Å²) in [6, 6.07) is 12.0. The van der Waals surface area contributed by atoms with Crippen molar-refractivity contribution in [3.63, 3.8) is 0 Å². The van der Waals surface area contributed by atoms with Gasteiger partial charge in [-0.2, -0.15) is 4.31 Å².